The van der Waals surface area contributed by atoms with E-state index >= 15 is 0 Å². The first-order chi connectivity index (χ1) is 9.95. The van der Waals surface area contributed by atoms with Crippen molar-refractivity contribution in [2.24, 2.45) is 0 Å². The van der Waals surface area contributed by atoms with Crippen LogP contribution in [0.3, 0.4) is 0 Å². The molecular weight excluding hydrogens is 274 g/mol. The van der Waals surface area contributed by atoms with Gasteiger partial charge in [-0.05, 0) is 12.5 Å². The second kappa shape index (κ2) is 7.88. The number of amides is 3. The highest BCUT2D eigenvalue weighted by Crippen LogP contribution is 2.12. The van der Waals surface area contributed by atoms with Gasteiger partial charge in [-0.3, -0.25) is 4.79 Å². The molecular formula is C14H19N3O4. The normalized spacial score (nSPS) is 11.3. The van der Waals surface area contributed by atoms with E-state index in [2.05, 4.69) is 10.6 Å². The van der Waals surface area contributed by atoms with Crippen LogP contribution in [-0.4, -0.2) is 48.1 Å². The lowest BCUT2D eigenvalue weighted by Crippen LogP contribution is -2.45. The maximum atomic E-state index is 11.9. The van der Waals surface area contributed by atoms with E-state index in [9.17, 15) is 19.5 Å². The van der Waals surface area contributed by atoms with Crippen LogP contribution < -0.4 is 10.6 Å². The molecule has 0 radical (unpaired) electrons. The van der Waals surface area contributed by atoms with Crippen LogP contribution in [0.1, 0.15) is 18.5 Å². The number of hydrogen-bond acceptors (Lipinski definition) is 3. The molecule has 7 heteroatoms. The molecule has 3 amide bonds. The zero-order valence-electron chi connectivity index (χ0n) is 12.0. The predicted octanol–water partition coefficient (Wildman–Crippen LogP) is 0.590. The van der Waals surface area contributed by atoms with Gasteiger partial charge in [0.05, 0.1) is 0 Å². The molecule has 0 aliphatic carbocycles. The van der Waals surface area contributed by atoms with Crippen LogP contribution in [0.5, 0.6) is 0 Å². The number of hydrogen-bond donors (Lipinski definition) is 3. The number of rotatable bonds is 6. The van der Waals surface area contributed by atoms with Crippen molar-refractivity contribution >= 4 is 17.9 Å². The monoisotopic (exact) mass is 293 g/mol. The molecule has 0 aromatic heterocycles. The summed E-state index contributed by atoms with van der Waals surface area (Å²) in [6.07, 6.45) is 0. The number of likely N-dealkylation sites (N-methyl/N-ethyl adjacent to an activating group) is 2. The summed E-state index contributed by atoms with van der Waals surface area (Å²) in [6.45, 7) is 2.10. The minimum atomic E-state index is -1.17. The Hall–Kier alpha value is -2.57. The van der Waals surface area contributed by atoms with Gasteiger partial charge in [0.2, 0.25) is 5.91 Å². The molecule has 0 saturated heterocycles. The Kier molecular flexibility index (Phi) is 6.19. The summed E-state index contributed by atoms with van der Waals surface area (Å²) < 4.78 is 0. The van der Waals surface area contributed by atoms with E-state index in [1.54, 1.807) is 37.3 Å². The van der Waals surface area contributed by atoms with Crippen LogP contribution in [0, 0.1) is 0 Å². The van der Waals surface area contributed by atoms with Gasteiger partial charge < -0.3 is 20.6 Å². The third-order valence-corrected chi connectivity index (χ3v) is 2.75. The Morgan fingerprint density at radius 2 is 1.86 bits per heavy atom. The second-order valence-electron chi connectivity index (χ2n) is 4.44. The summed E-state index contributed by atoms with van der Waals surface area (Å²) in [7, 11) is 1.43. The van der Waals surface area contributed by atoms with E-state index in [1.165, 1.54) is 7.05 Å². The number of carbonyl (C=O) groups is 3. The summed E-state index contributed by atoms with van der Waals surface area (Å²) in [6, 6.07) is 6.58. The number of carboxylic acids is 1. The van der Waals surface area contributed by atoms with Crippen LogP contribution in [0.15, 0.2) is 30.3 Å². The van der Waals surface area contributed by atoms with E-state index < -0.39 is 18.0 Å². The Balaban J connectivity index is 2.69. The van der Waals surface area contributed by atoms with Crippen molar-refractivity contribution in [3.63, 3.8) is 0 Å². The zero-order chi connectivity index (χ0) is 15.8. The second-order valence-corrected chi connectivity index (χ2v) is 4.44. The molecule has 0 aliphatic heterocycles. The largest absolute Gasteiger partial charge is 0.479 e. The van der Waals surface area contributed by atoms with Gasteiger partial charge >= 0.3 is 12.0 Å². The van der Waals surface area contributed by atoms with Crippen molar-refractivity contribution in [1.29, 1.82) is 0 Å². The van der Waals surface area contributed by atoms with Crippen LogP contribution in [-0.2, 0) is 9.59 Å². The molecule has 1 rings (SSSR count). The maximum Gasteiger partial charge on any atom is 0.330 e. The lowest BCUT2D eigenvalue weighted by atomic mass is 10.1. The minimum absolute atomic E-state index is 0.138. The highest BCUT2D eigenvalue weighted by molar-refractivity contribution is 5.87. The summed E-state index contributed by atoms with van der Waals surface area (Å²) >= 11 is 0. The highest BCUT2D eigenvalue weighted by atomic mass is 16.4. The number of nitrogens with zero attached hydrogens (tertiary/aromatic N) is 1. The average molecular weight is 293 g/mol. The number of benzene rings is 1. The Morgan fingerprint density at radius 3 is 2.38 bits per heavy atom. The smallest absolute Gasteiger partial charge is 0.330 e. The van der Waals surface area contributed by atoms with Crippen molar-refractivity contribution in [2.75, 3.05) is 20.1 Å². The van der Waals surface area contributed by atoms with E-state index in [0.29, 0.717) is 12.1 Å². The van der Waals surface area contributed by atoms with Gasteiger partial charge in [-0.2, -0.15) is 0 Å². The predicted molar refractivity (Wildman–Crippen MR) is 76.7 cm³/mol. The highest BCUT2D eigenvalue weighted by Gasteiger charge is 2.23. The van der Waals surface area contributed by atoms with Crippen molar-refractivity contribution in [2.45, 2.75) is 13.0 Å². The average Bonchev–Trinajstić information content (AvgIpc) is 2.45. The van der Waals surface area contributed by atoms with Gasteiger partial charge in [0.15, 0.2) is 6.04 Å². The molecule has 21 heavy (non-hydrogen) atoms. The molecule has 3 N–H and O–H groups in total. The van der Waals surface area contributed by atoms with Crippen LogP contribution in [0.4, 0.5) is 4.79 Å². The first-order valence-electron chi connectivity index (χ1n) is 6.51. The standard InChI is InChI=1S/C14H19N3O4/c1-3-15-11(18)9-17(2)14(21)16-12(13(19)20)10-7-5-4-6-8-10/h4-8,12H,3,9H2,1-2H3,(H,15,18)(H,16,21)(H,19,20). The first-order valence-corrected chi connectivity index (χ1v) is 6.51. The lowest BCUT2D eigenvalue weighted by molar-refractivity contribution is -0.139. The van der Waals surface area contributed by atoms with Crippen LogP contribution in [0.2, 0.25) is 0 Å². The van der Waals surface area contributed by atoms with Gasteiger partial charge in [0, 0.05) is 13.6 Å². The number of carboxylic acid groups (broad SMARTS) is 1. The fourth-order valence-electron chi connectivity index (χ4n) is 1.71. The van der Waals surface area contributed by atoms with Crippen molar-refractivity contribution in [3.8, 4) is 0 Å². The molecule has 0 heterocycles. The van der Waals surface area contributed by atoms with Gasteiger partial charge in [0.25, 0.3) is 0 Å². The molecule has 0 aliphatic rings. The number of nitrogens with one attached hydrogen (secondary N) is 2. The number of urea groups is 1. The van der Waals surface area contributed by atoms with E-state index in [-0.39, 0.29) is 12.5 Å². The third-order valence-electron chi connectivity index (χ3n) is 2.75. The lowest BCUT2D eigenvalue weighted by Gasteiger charge is -2.21. The summed E-state index contributed by atoms with van der Waals surface area (Å²) in [5, 5.41) is 14.2. The SMILES string of the molecule is CCNC(=O)CN(C)C(=O)NC(C(=O)O)c1ccccc1. The van der Waals surface area contributed by atoms with Gasteiger partial charge in [0.1, 0.15) is 6.54 Å². The van der Waals surface area contributed by atoms with Crippen LogP contribution in [0.25, 0.3) is 0 Å². The molecule has 0 fully saturated rings. The first kappa shape index (κ1) is 16.5. The fraction of sp³-hybridized carbons (Fsp3) is 0.357. The molecule has 1 unspecified atom stereocenters. The van der Waals surface area contributed by atoms with E-state index in [0.717, 1.165) is 4.90 Å². The number of aliphatic carboxylic acids is 1. The van der Waals surface area contributed by atoms with Crippen molar-refractivity contribution in [3.05, 3.63) is 35.9 Å². The van der Waals surface area contributed by atoms with Crippen molar-refractivity contribution < 1.29 is 19.5 Å². The minimum Gasteiger partial charge on any atom is -0.479 e. The summed E-state index contributed by atoms with van der Waals surface area (Å²) in [5.74, 6) is -1.47. The van der Waals surface area contributed by atoms with Gasteiger partial charge in [-0.15, -0.1) is 0 Å². The third kappa shape index (κ3) is 5.13. The molecule has 0 bridgehead atoms. The topological polar surface area (TPSA) is 98.7 Å². The molecule has 7 nitrogen and oxygen atoms in total. The molecule has 1 aromatic carbocycles. The Morgan fingerprint density at radius 1 is 1.24 bits per heavy atom. The summed E-state index contributed by atoms with van der Waals surface area (Å²) in [5.41, 5.74) is 0.463. The van der Waals surface area contributed by atoms with E-state index in [4.69, 9.17) is 0 Å². The fourth-order valence-corrected chi connectivity index (χ4v) is 1.71. The molecule has 1 aromatic rings. The molecule has 0 spiro atoms. The zero-order valence-corrected chi connectivity index (χ0v) is 12.0. The van der Waals surface area contributed by atoms with Gasteiger partial charge in [-0.1, -0.05) is 30.3 Å². The Labute approximate surface area is 122 Å². The molecule has 0 saturated carbocycles. The summed E-state index contributed by atoms with van der Waals surface area (Å²) in [4.78, 5) is 35.7. The molecule has 1 atom stereocenters. The number of carbonyl (C=O) groups excluding carboxylic acids is 2. The van der Waals surface area contributed by atoms with E-state index in [1.807, 2.05) is 0 Å². The van der Waals surface area contributed by atoms with Crippen molar-refractivity contribution in [1.82, 2.24) is 15.5 Å². The van der Waals surface area contributed by atoms with Crippen LogP contribution >= 0.6 is 0 Å². The Bertz CT molecular complexity index is 504. The maximum absolute atomic E-state index is 11.9. The molecule has 114 valence electrons. The van der Waals surface area contributed by atoms with Gasteiger partial charge in [-0.25, -0.2) is 9.59 Å². The quantitative estimate of drug-likeness (QED) is 0.715.